The summed E-state index contributed by atoms with van der Waals surface area (Å²) in [5, 5.41) is 4.45. The smallest absolute Gasteiger partial charge is 0.328 e. The summed E-state index contributed by atoms with van der Waals surface area (Å²) in [5.74, 6) is -3.44. The molecule has 1 spiro atoms. The normalized spacial score (nSPS) is 26.3. The number of hydrogen-bond donors (Lipinski definition) is 2. The second-order valence-corrected chi connectivity index (χ2v) is 9.10. The van der Waals surface area contributed by atoms with Gasteiger partial charge in [-0.2, -0.15) is 0 Å². The van der Waals surface area contributed by atoms with Gasteiger partial charge in [0.25, 0.3) is 0 Å². The minimum absolute atomic E-state index is 0.00811. The second-order valence-electron chi connectivity index (χ2n) is 9.10. The Morgan fingerprint density at radius 3 is 2.50 bits per heavy atom. The maximum absolute atomic E-state index is 15.6. The predicted octanol–water partition coefficient (Wildman–Crippen LogP) is 2.79. The van der Waals surface area contributed by atoms with Crippen molar-refractivity contribution in [3.8, 4) is 11.1 Å². The molecule has 4 amide bonds. The highest BCUT2D eigenvalue weighted by Gasteiger charge is 2.62. The van der Waals surface area contributed by atoms with E-state index in [-0.39, 0.29) is 29.5 Å². The molecule has 32 heavy (non-hydrogen) atoms. The summed E-state index contributed by atoms with van der Waals surface area (Å²) in [6.45, 7) is 4.26. The van der Waals surface area contributed by atoms with Crippen molar-refractivity contribution in [2.75, 3.05) is 11.4 Å². The van der Waals surface area contributed by atoms with Crippen molar-refractivity contribution >= 4 is 23.5 Å². The van der Waals surface area contributed by atoms with Crippen molar-refractivity contribution in [1.82, 2.24) is 15.6 Å². The maximum Gasteiger partial charge on any atom is 0.328 e. The SMILES string of the molecule is C[C@H]1C[C@@H](C)[C@H]2N(C1)c1c(cc(-c3cccnc3)c(F)c1F)CC21C(=O)NC(=O)NC1=O. The van der Waals surface area contributed by atoms with Gasteiger partial charge in [0.2, 0.25) is 11.8 Å². The number of halogens is 2. The fourth-order valence-corrected chi connectivity index (χ4v) is 5.82. The van der Waals surface area contributed by atoms with Crippen LogP contribution in [-0.4, -0.2) is 35.4 Å². The van der Waals surface area contributed by atoms with Gasteiger partial charge in [0.05, 0.1) is 11.7 Å². The summed E-state index contributed by atoms with van der Waals surface area (Å²) in [6, 6.07) is 3.13. The van der Waals surface area contributed by atoms with E-state index in [1.54, 1.807) is 17.0 Å². The molecular weight excluding hydrogens is 418 g/mol. The number of barbiturate groups is 1. The molecule has 2 saturated heterocycles. The van der Waals surface area contributed by atoms with E-state index in [2.05, 4.69) is 15.6 Å². The molecule has 3 aliphatic heterocycles. The Hall–Kier alpha value is -3.36. The van der Waals surface area contributed by atoms with Gasteiger partial charge in [-0.25, -0.2) is 13.6 Å². The van der Waals surface area contributed by atoms with Crippen LogP contribution >= 0.6 is 0 Å². The van der Waals surface area contributed by atoms with E-state index in [1.165, 1.54) is 18.5 Å². The molecule has 3 aliphatic rings. The Labute approximate surface area is 183 Å². The van der Waals surface area contributed by atoms with Crippen molar-refractivity contribution in [2.45, 2.75) is 32.7 Å². The summed E-state index contributed by atoms with van der Waals surface area (Å²) in [6.07, 6.45) is 3.53. The molecule has 166 valence electrons. The number of carbonyl (C=O) groups is 3. The van der Waals surface area contributed by atoms with Gasteiger partial charge in [0.1, 0.15) is 0 Å². The number of rotatable bonds is 1. The molecule has 3 atom stereocenters. The Bertz CT molecular complexity index is 1130. The largest absolute Gasteiger partial charge is 0.364 e. The van der Waals surface area contributed by atoms with E-state index >= 15 is 8.78 Å². The topological polar surface area (TPSA) is 91.4 Å². The third-order valence-corrected chi connectivity index (χ3v) is 6.92. The third kappa shape index (κ3) is 2.76. The molecule has 5 rings (SSSR count). The zero-order valence-corrected chi connectivity index (χ0v) is 17.6. The van der Waals surface area contributed by atoms with Gasteiger partial charge in [0.15, 0.2) is 17.0 Å². The lowest BCUT2D eigenvalue weighted by Crippen LogP contribution is -2.73. The number of urea groups is 1. The molecule has 0 radical (unpaired) electrons. The molecule has 9 heteroatoms. The van der Waals surface area contributed by atoms with Crippen LogP contribution in [-0.2, 0) is 16.0 Å². The number of benzene rings is 1. The van der Waals surface area contributed by atoms with Crippen LogP contribution in [0.5, 0.6) is 0 Å². The highest BCUT2D eigenvalue weighted by atomic mass is 19.2. The summed E-state index contributed by atoms with van der Waals surface area (Å²) >= 11 is 0. The molecule has 2 N–H and O–H groups in total. The molecular formula is C23H22F2N4O3. The molecule has 0 unspecified atom stereocenters. The van der Waals surface area contributed by atoms with E-state index in [1.807, 2.05) is 13.8 Å². The van der Waals surface area contributed by atoms with E-state index in [4.69, 9.17) is 0 Å². The van der Waals surface area contributed by atoms with Crippen molar-refractivity contribution in [2.24, 2.45) is 17.3 Å². The summed E-state index contributed by atoms with van der Waals surface area (Å²) < 4.78 is 30.8. The van der Waals surface area contributed by atoms with Crippen LogP contribution in [0, 0.1) is 28.9 Å². The minimum Gasteiger partial charge on any atom is -0.364 e. The van der Waals surface area contributed by atoms with E-state index in [9.17, 15) is 14.4 Å². The quantitative estimate of drug-likeness (QED) is 0.666. The van der Waals surface area contributed by atoms with Crippen LogP contribution in [0.4, 0.5) is 19.3 Å². The van der Waals surface area contributed by atoms with Gasteiger partial charge in [-0.05, 0) is 42.4 Å². The van der Waals surface area contributed by atoms with Crippen molar-refractivity contribution in [1.29, 1.82) is 0 Å². The molecule has 1 aromatic carbocycles. The first-order chi connectivity index (χ1) is 15.2. The first-order valence-corrected chi connectivity index (χ1v) is 10.6. The summed E-state index contributed by atoms with van der Waals surface area (Å²) in [5.41, 5.74) is -0.803. The van der Waals surface area contributed by atoms with Crippen molar-refractivity contribution < 1.29 is 23.2 Å². The van der Waals surface area contributed by atoms with Crippen LogP contribution in [0.3, 0.4) is 0 Å². The number of piperidine rings is 1. The average molecular weight is 440 g/mol. The highest BCUT2D eigenvalue weighted by Crippen LogP contribution is 2.51. The number of nitrogens with one attached hydrogen (secondary N) is 2. The van der Waals surface area contributed by atoms with Gasteiger partial charge in [-0.15, -0.1) is 0 Å². The van der Waals surface area contributed by atoms with Crippen LogP contribution in [0.2, 0.25) is 0 Å². The fourth-order valence-electron chi connectivity index (χ4n) is 5.82. The Morgan fingerprint density at radius 2 is 1.84 bits per heavy atom. The van der Waals surface area contributed by atoms with Gasteiger partial charge >= 0.3 is 6.03 Å². The summed E-state index contributed by atoms with van der Waals surface area (Å²) in [7, 11) is 0. The minimum atomic E-state index is -1.63. The number of pyridine rings is 1. The number of nitrogens with zero attached hydrogens (tertiary/aromatic N) is 2. The molecule has 2 aromatic rings. The molecule has 1 aromatic heterocycles. The standard InChI is InChI=1S/C23H22F2N4O3/c1-11-6-12(2)19-23(20(30)27-22(32)28-21(23)31)8-14-7-15(13-4-3-5-26-9-13)16(24)17(25)18(14)29(19)10-11/h3-5,7,9,11-12,19H,6,8,10H2,1-2H3,(H2,27,28,30,31,32)/t11-,12+,19+/m0/s1. The van der Waals surface area contributed by atoms with E-state index < -0.39 is 40.9 Å². The number of aromatic nitrogens is 1. The number of fused-ring (bicyclic) bond motifs is 4. The lowest BCUT2D eigenvalue weighted by molar-refractivity contribution is -0.148. The molecule has 0 saturated carbocycles. The Balaban J connectivity index is 1.76. The van der Waals surface area contributed by atoms with E-state index in [0.29, 0.717) is 24.1 Å². The first kappa shape index (κ1) is 20.5. The lowest BCUT2D eigenvalue weighted by atomic mass is 9.62. The Morgan fingerprint density at radius 1 is 1.12 bits per heavy atom. The third-order valence-electron chi connectivity index (χ3n) is 6.92. The summed E-state index contributed by atoms with van der Waals surface area (Å²) in [4.78, 5) is 43.8. The van der Waals surface area contributed by atoms with Crippen LogP contribution < -0.4 is 15.5 Å². The van der Waals surface area contributed by atoms with Gasteiger partial charge < -0.3 is 4.90 Å². The van der Waals surface area contributed by atoms with Crippen LogP contribution in [0.15, 0.2) is 30.6 Å². The molecule has 4 heterocycles. The van der Waals surface area contributed by atoms with Crippen LogP contribution in [0.1, 0.15) is 25.8 Å². The highest BCUT2D eigenvalue weighted by molar-refractivity contribution is 6.20. The maximum atomic E-state index is 15.6. The number of hydrogen-bond acceptors (Lipinski definition) is 5. The van der Waals surface area contributed by atoms with E-state index in [0.717, 1.165) is 0 Å². The number of amides is 4. The monoisotopic (exact) mass is 440 g/mol. The lowest BCUT2D eigenvalue weighted by Gasteiger charge is -2.55. The molecule has 2 fully saturated rings. The number of imide groups is 2. The molecule has 7 nitrogen and oxygen atoms in total. The van der Waals surface area contributed by atoms with Gasteiger partial charge in [-0.3, -0.25) is 25.2 Å². The zero-order valence-electron chi connectivity index (χ0n) is 17.6. The van der Waals surface area contributed by atoms with Gasteiger partial charge in [-0.1, -0.05) is 19.9 Å². The van der Waals surface area contributed by atoms with Crippen molar-refractivity contribution in [3.63, 3.8) is 0 Å². The average Bonchev–Trinajstić information content (AvgIpc) is 2.74. The predicted molar refractivity (Wildman–Crippen MR) is 111 cm³/mol. The number of carbonyl (C=O) groups excluding carboxylic acids is 3. The Kier molecular flexibility index (Phi) is 4.54. The van der Waals surface area contributed by atoms with Crippen molar-refractivity contribution in [3.05, 3.63) is 47.8 Å². The molecule has 0 bridgehead atoms. The number of anilines is 1. The van der Waals surface area contributed by atoms with Gasteiger partial charge in [0, 0.05) is 30.1 Å². The fraction of sp³-hybridized carbons (Fsp3) is 0.391. The van der Waals surface area contributed by atoms with Crippen LogP contribution in [0.25, 0.3) is 11.1 Å². The second kappa shape index (κ2) is 7.08. The first-order valence-electron chi connectivity index (χ1n) is 10.6. The zero-order chi connectivity index (χ0) is 22.8. The molecule has 0 aliphatic carbocycles.